The Bertz CT molecular complexity index is 111. The molecular formula is C6H10O. The highest BCUT2D eigenvalue weighted by molar-refractivity contribution is 5.29. The van der Waals surface area contributed by atoms with E-state index in [2.05, 4.69) is 13.8 Å². The molecule has 1 rings (SSSR count). The number of hydrogen-bond acceptors (Lipinski definition) is 1. The molecule has 0 heterocycles. The first-order chi connectivity index (χ1) is 3.22. The fourth-order valence-corrected chi connectivity index (χ4v) is 0.674. The van der Waals surface area contributed by atoms with Crippen LogP contribution in [0.25, 0.3) is 0 Å². The Hall–Kier alpha value is -0.460. The minimum Gasteiger partial charge on any atom is -0.512 e. The maximum Gasteiger partial charge on any atom is 0.0963 e. The quantitative estimate of drug-likeness (QED) is 0.530. The van der Waals surface area contributed by atoms with E-state index in [0.717, 1.165) is 6.42 Å². The van der Waals surface area contributed by atoms with Crippen LogP contribution in [0.5, 0.6) is 0 Å². The van der Waals surface area contributed by atoms with Crippen LogP contribution in [0.3, 0.4) is 0 Å². The highest BCUT2D eigenvalue weighted by atomic mass is 16.3. The Balaban J connectivity index is 2.45. The van der Waals surface area contributed by atoms with E-state index in [-0.39, 0.29) is 0 Å². The fourth-order valence-electron chi connectivity index (χ4n) is 0.674. The molecule has 1 N–H and O–H groups in total. The van der Waals surface area contributed by atoms with Crippen molar-refractivity contribution >= 4 is 0 Å². The van der Waals surface area contributed by atoms with Gasteiger partial charge in [0.25, 0.3) is 0 Å². The molecule has 0 amide bonds. The minimum atomic E-state index is 0.569. The van der Waals surface area contributed by atoms with Gasteiger partial charge in [0.15, 0.2) is 0 Å². The standard InChI is InChI=1S/C6H10O/c1-4(2)5-3-6(5)7/h4,7H,3H2,1-2H3. The predicted molar refractivity (Wildman–Crippen MR) is 29.1 cm³/mol. The van der Waals surface area contributed by atoms with Crippen molar-refractivity contribution < 1.29 is 5.11 Å². The fraction of sp³-hybridized carbons (Fsp3) is 0.667. The lowest BCUT2D eigenvalue weighted by atomic mass is 10.2. The molecule has 0 aromatic rings. The third-order valence-electron chi connectivity index (χ3n) is 1.30. The summed E-state index contributed by atoms with van der Waals surface area (Å²) in [5.41, 5.74) is 1.24. The van der Waals surface area contributed by atoms with Crippen molar-refractivity contribution in [3.63, 3.8) is 0 Å². The predicted octanol–water partition coefficient (Wildman–Crippen LogP) is 1.86. The molecule has 0 aliphatic heterocycles. The van der Waals surface area contributed by atoms with Gasteiger partial charge < -0.3 is 5.11 Å². The monoisotopic (exact) mass is 98.1 g/mol. The first-order valence-electron chi connectivity index (χ1n) is 2.62. The lowest BCUT2D eigenvalue weighted by molar-refractivity contribution is 0.434. The molecule has 0 aromatic carbocycles. The number of allylic oxidation sites excluding steroid dienone is 2. The van der Waals surface area contributed by atoms with Crippen molar-refractivity contribution in [1.29, 1.82) is 0 Å². The van der Waals surface area contributed by atoms with Crippen LogP contribution in [-0.2, 0) is 0 Å². The van der Waals surface area contributed by atoms with Crippen LogP contribution in [-0.4, -0.2) is 5.11 Å². The smallest absolute Gasteiger partial charge is 0.0963 e. The van der Waals surface area contributed by atoms with Crippen LogP contribution in [0.1, 0.15) is 20.3 Å². The molecular weight excluding hydrogens is 88.1 g/mol. The molecule has 0 spiro atoms. The van der Waals surface area contributed by atoms with Gasteiger partial charge in [-0.3, -0.25) is 0 Å². The minimum absolute atomic E-state index is 0.569. The van der Waals surface area contributed by atoms with Crippen molar-refractivity contribution in [2.45, 2.75) is 20.3 Å². The van der Waals surface area contributed by atoms with Crippen molar-refractivity contribution in [1.82, 2.24) is 0 Å². The maximum atomic E-state index is 8.68. The van der Waals surface area contributed by atoms with Crippen molar-refractivity contribution in [2.24, 2.45) is 5.92 Å². The van der Waals surface area contributed by atoms with Gasteiger partial charge in [0.05, 0.1) is 5.76 Å². The van der Waals surface area contributed by atoms with Gasteiger partial charge >= 0.3 is 0 Å². The number of aliphatic hydroxyl groups excluding tert-OH is 1. The molecule has 0 atom stereocenters. The van der Waals surface area contributed by atoms with E-state index in [1.165, 1.54) is 5.57 Å². The first kappa shape index (κ1) is 4.69. The van der Waals surface area contributed by atoms with E-state index in [0.29, 0.717) is 11.7 Å². The summed E-state index contributed by atoms with van der Waals surface area (Å²) in [7, 11) is 0. The number of rotatable bonds is 1. The Morgan fingerprint density at radius 2 is 2.00 bits per heavy atom. The van der Waals surface area contributed by atoms with Gasteiger partial charge in [-0.05, 0) is 11.5 Å². The van der Waals surface area contributed by atoms with Crippen LogP contribution < -0.4 is 0 Å². The molecule has 1 aliphatic rings. The van der Waals surface area contributed by atoms with Crippen molar-refractivity contribution in [3.8, 4) is 0 Å². The molecule has 0 unspecified atom stereocenters. The van der Waals surface area contributed by atoms with E-state index in [1.807, 2.05) is 0 Å². The van der Waals surface area contributed by atoms with Gasteiger partial charge in [-0.15, -0.1) is 0 Å². The Morgan fingerprint density at radius 3 is 2.00 bits per heavy atom. The van der Waals surface area contributed by atoms with Crippen LogP contribution in [0.4, 0.5) is 0 Å². The summed E-state index contributed by atoms with van der Waals surface area (Å²) in [5, 5.41) is 8.68. The van der Waals surface area contributed by atoms with Crippen LogP contribution in [0.2, 0.25) is 0 Å². The summed E-state index contributed by atoms with van der Waals surface area (Å²) in [6.45, 7) is 4.19. The van der Waals surface area contributed by atoms with Gasteiger partial charge in [-0.1, -0.05) is 13.8 Å². The molecule has 0 saturated carbocycles. The summed E-state index contributed by atoms with van der Waals surface area (Å²) >= 11 is 0. The molecule has 0 radical (unpaired) electrons. The number of aliphatic hydroxyl groups is 1. The average Bonchev–Trinajstić information content (AvgIpc) is 2.17. The Kier molecular flexibility index (Phi) is 0.841. The maximum absolute atomic E-state index is 8.68. The zero-order chi connectivity index (χ0) is 5.44. The van der Waals surface area contributed by atoms with Crippen LogP contribution >= 0.6 is 0 Å². The van der Waals surface area contributed by atoms with Gasteiger partial charge in [0.2, 0.25) is 0 Å². The Labute approximate surface area is 43.7 Å². The second kappa shape index (κ2) is 1.25. The Morgan fingerprint density at radius 1 is 1.57 bits per heavy atom. The van der Waals surface area contributed by atoms with Gasteiger partial charge in [-0.25, -0.2) is 0 Å². The largest absolute Gasteiger partial charge is 0.512 e. The van der Waals surface area contributed by atoms with E-state index < -0.39 is 0 Å². The molecule has 0 bridgehead atoms. The van der Waals surface area contributed by atoms with Crippen molar-refractivity contribution in [3.05, 3.63) is 11.3 Å². The first-order valence-corrected chi connectivity index (χ1v) is 2.62. The second-order valence-corrected chi connectivity index (χ2v) is 2.30. The van der Waals surface area contributed by atoms with E-state index in [9.17, 15) is 0 Å². The normalized spacial score (nSPS) is 18.7. The topological polar surface area (TPSA) is 20.2 Å². The third-order valence-corrected chi connectivity index (χ3v) is 1.30. The summed E-state index contributed by atoms with van der Waals surface area (Å²) in [6.07, 6.45) is 0.873. The van der Waals surface area contributed by atoms with E-state index in [1.54, 1.807) is 0 Å². The van der Waals surface area contributed by atoms with Gasteiger partial charge in [0.1, 0.15) is 0 Å². The zero-order valence-corrected chi connectivity index (χ0v) is 4.73. The zero-order valence-electron chi connectivity index (χ0n) is 4.73. The summed E-state index contributed by atoms with van der Waals surface area (Å²) < 4.78 is 0. The lowest BCUT2D eigenvalue weighted by Crippen LogP contribution is -1.77. The van der Waals surface area contributed by atoms with Crippen LogP contribution in [0.15, 0.2) is 11.3 Å². The average molecular weight is 98.1 g/mol. The van der Waals surface area contributed by atoms with E-state index in [4.69, 9.17) is 5.11 Å². The second-order valence-electron chi connectivity index (χ2n) is 2.30. The molecule has 1 aliphatic carbocycles. The van der Waals surface area contributed by atoms with Gasteiger partial charge in [-0.2, -0.15) is 0 Å². The molecule has 7 heavy (non-hydrogen) atoms. The van der Waals surface area contributed by atoms with Gasteiger partial charge in [0, 0.05) is 6.42 Å². The molecule has 0 fully saturated rings. The summed E-state index contributed by atoms with van der Waals surface area (Å²) in [6, 6.07) is 0. The molecule has 40 valence electrons. The molecule has 1 nitrogen and oxygen atoms in total. The molecule has 0 saturated heterocycles. The summed E-state index contributed by atoms with van der Waals surface area (Å²) in [5.74, 6) is 1.19. The van der Waals surface area contributed by atoms with E-state index >= 15 is 0 Å². The number of hydrogen-bond donors (Lipinski definition) is 1. The highest BCUT2D eigenvalue weighted by Gasteiger charge is 2.22. The lowest BCUT2D eigenvalue weighted by Gasteiger charge is -1.89. The third kappa shape index (κ3) is 0.763. The van der Waals surface area contributed by atoms with Crippen LogP contribution in [0, 0.1) is 5.92 Å². The SMILES string of the molecule is CC(C)C1=C(O)C1. The molecule has 0 aromatic heterocycles. The summed E-state index contributed by atoms with van der Waals surface area (Å²) in [4.78, 5) is 0. The molecule has 1 heteroatoms. The highest BCUT2D eigenvalue weighted by Crippen LogP contribution is 2.33. The van der Waals surface area contributed by atoms with Crippen molar-refractivity contribution in [2.75, 3.05) is 0 Å².